The highest BCUT2D eigenvalue weighted by Gasteiger charge is 2.30. The summed E-state index contributed by atoms with van der Waals surface area (Å²) in [5.74, 6) is 0.144. The van der Waals surface area contributed by atoms with Gasteiger partial charge in [-0.3, -0.25) is 4.79 Å². The van der Waals surface area contributed by atoms with Gasteiger partial charge in [-0.2, -0.15) is 0 Å². The lowest BCUT2D eigenvalue weighted by Gasteiger charge is -2.17. The number of hydrogen-bond acceptors (Lipinski definition) is 4. The van der Waals surface area contributed by atoms with Crippen LogP contribution in [0.1, 0.15) is 25.7 Å². The lowest BCUT2D eigenvalue weighted by atomic mass is 10.1. The molecule has 0 radical (unpaired) electrons. The van der Waals surface area contributed by atoms with Crippen molar-refractivity contribution < 1.29 is 15.0 Å². The predicted molar refractivity (Wildman–Crippen MR) is 58.8 cm³/mol. The Bertz CT molecular complexity index is 260. The van der Waals surface area contributed by atoms with Crippen molar-refractivity contribution in [1.82, 2.24) is 10.6 Å². The molecule has 2 aliphatic rings. The van der Waals surface area contributed by atoms with Gasteiger partial charge in [0.05, 0.1) is 18.2 Å². The molecule has 92 valence electrons. The zero-order valence-electron chi connectivity index (χ0n) is 9.35. The molecule has 1 amide bonds. The van der Waals surface area contributed by atoms with Gasteiger partial charge in [-0.05, 0) is 19.3 Å². The Kier molecular flexibility index (Phi) is 3.78. The van der Waals surface area contributed by atoms with E-state index in [4.69, 9.17) is 0 Å². The van der Waals surface area contributed by atoms with E-state index in [-0.39, 0.29) is 24.0 Å². The van der Waals surface area contributed by atoms with E-state index in [1.807, 2.05) is 0 Å². The van der Waals surface area contributed by atoms with Crippen LogP contribution in [0.3, 0.4) is 0 Å². The van der Waals surface area contributed by atoms with E-state index in [1.165, 1.54) is 0 Å². The van der Waals surface area contributed by atoms with Gasteiger partial charge >= 0.3 is 0 Å². The fraction of sp³-hybridized carbons (Fsp3) is 0.909. The predicted octanol–water partition coefficient (Wildman–Crippen LogP) is -1.01. The number of β-amino-alcohol motifs (C(OH)–C–C–N with tert-alkyl or cyclic N) is 1. The molecule has 4 unspecified atom stereocenters. The first kappa shape index (κ1) is 11.8. The second-order valence-corrected chi connectivity index (χ2v) is 4.85. The van der Waals surface area contributed by atoms with Gasteiger partial charge in [0, 0.05) is 19.0 Å². The van der Waals surface area contributed by atoms with Crippen molar-refractivity contribution in [3.8, 4) is 0 Å². The largest absolute Gasteiger partial charge is 0.393 e. The summed E-state index contributed by atoms with van der Waals surface area (Å²) in [5, 5.41) is 24.7. The minimum atomic E-state index is -0.409. The van der Waals surface area contributed by atoms with Gasteiger partial charge in [0.15, 0.2) is 0 Å². The molecule has 4 atom stereocenters. The molecule has 0 aromatic heterocycles. The quantitative estimate of drug-likeness (QED) is 0.499. The molecule has 0 spiro atoms. The Labute approximate surface area is 95.2 Å². The van der Waals surface area contributed by atoms with Gasteiger partial charge in [0.25, 0.3) is 0 Å². The number of nitrogens with one attached hydrogen (secondary N) is 2. The van der Waals surface area contributed by atoms with Crippen molar-refractivity contribution in [2.24, 2.45) is 5.92 Å². The van der Waals surface area contributed by atoms with Crippen LogP contribution >= 0.6 is 0 Å². The van der Waals surface area contributed by atoms with Crippen LogP contribution in [0.25, 0.3) is 0 Å². The summed E-state index contributed by atoms with van der Waals surface area (Å²) in [6, 6.07) is -0.270. The summed E-state index contributed by atoms with van der Waals surface area (Å²) in [6.07, 6.45) is 2.69. The van der Waals surface area contributed by atoms with Crippen molar-refractivity contribution in [2.45, 2.75) is 43.9 Å². The smallest absolute Gasteiger partial charge is 0.237 e. The zero-order valence-corrected chi connectivity index (χ0v) is 9.35. The van der Waals surface area contributed by atoms with Crippen LogP contribution in [0.15, 0.2) is 0 Å². The van der Waals surface area contributed by atoms with Crippen LogP contribution in [0.5, 0.6) is 0 Å². The van der Waals surface area contributed by atoms with Crippen molar-refractivity contribution in [2.75, 3.05) is 13.1 Å². The maximum Gasteiger partial charge on any atom is 0.237 e. The van der Waals surface area contributed by atoms with E-state index in [9.17, 15) is 15.0 Å². The van der Waals surface area contributed by atoms with E-state index < -0.39 is 6.10 Å². The molecule has 0 aromatic rings. The molecular formula is C11H20N2O3. The molecule has 2 rings (SSSR count). The molecule has 2 fully saturated rings. The standard InChI is InChI=1S/C11H20N2O3/c14-8-4-9(12-6-8)11(16)13-5-7-2-1-3-10(7)15/h7-10,12,14-15H,1-6H2,(H,13,16). The normalized spacial score (nSPS) is 38.9. The van der Waals surface area contributed by atoms with E-state index in [0.29, 0.717) is 19.5 Å². The van der Waals surface area contributed by atoms with Crippen molar-refractivity contribution in [3.63, 3.8) is 0 Å². The second kappa shape index (κ2) is 5.12. The van der Waals surface area contributed by atoms with Crippen LogP contribution in [0, 0.1) is 5.92 Å². The van der Waals surface area contributed by atoms with Crippen LogP contribution in [0.2, 0.25) is 0 Å². The van der Waals surface area contributed by atoms with Crippen LogP contribution in [-0.4, -0.2) is 47.5 Å². The van der Waals surface area contributed by atoms with Gasteiger partial charge < -0.3 is 20.8 Å². The number of carbonyl (C=O) groups is 1. The highest BCUT2D eigenvalue weighted by atomic mass is 16.3. The minimum absolute atomic E-state index is 0.0596. The molecule has 4 N–H and O–H groups in total. The monoisotopic (exact) mass is 228 g/mol. The lowest BCUT2D eigenvalue weighted by molar-refractivity contribution is -0.123. The zero-order chi connectivity index (χ0) is 11.5. The number of aliphatic hydroxyl groups excluding tert-OH is 2. The minimum Gasteiger partial charge on any atom is -0.393 e. The third kappa shape index (κ3) is 2.72. The molecule has 0 aromatic carbocycles. The van der Waals surface area contributed by atoms with E-state index in [1.54, 1.807) is 0 Å². The molecule has 16 heavy (non-hydrogen) atoms. The van der Waals surface area contributed by atoms with E-state index in [2.05, 4.69) is 10.6 Å². The topological polar surface area (TPSA) is 81.6 Å². The average molecular weight is 228 g/mol. The number of carbonyl (C=O) groups excluding carboxylic acids is 1. The summed E-state index contributed by atoms with van der Waals surface area (Å²) in [7, 11) is 0. The summed E-state index contributed by atoms with van der Waals surface area (Å²) in [6.45, 7) is 1.04. The summed E-state index contributed by atoms with van der Waals surface area (Å²) < 4.78 is 0. The number of hydrogen-bond donors (Lipinski definition) is 4. The maximum atomic E-state index is 11.7. The van der Waals surface area contributed by atoms with E-state index >= 15 is 0 Å². The lowest BCUT2D eigenvalue weighted by Crippen LogP contribution is -2.43. The molecule has 1 aliphatic heterocycles. The maximum absolute atomic E-state index is 11.7. The fourth-order valence-electron chi connectivity index (χ4n) is 2.53. The third-order valence-electron chi connectivity index (χ3n) is 3.58. The summed E-state index contributed by atoms with van der Waals surface area (Å²) >= 11 is 0. The first-order valence-corrected chi connectivity index (χ1v) is 6.04. The van der Waals surface area contributed by atoms with Crippen molar-refractivity contribution in [1.29, 1.82) is 0 Å². The van der Waals surface area contributed by atoms with Crippen molar-refractivity contribution >= 4 is 5.91 Å². The van der Waals surface area contributed by atoms with Crippen LogP contribution < -0.4 is 10.6 Å². The summed E-state index contributed by atoms with van der Waals surface area (Å²) in [5.41, 5.74) is 0. The van der Waals surface area contributed by atoms with E-state index in [0.717, 1.165) is 19.3 Å². The van der Waals surface area contributed by atoms with Gasteiger partial charge in [-0.25, -0.2) is 0 Å². The Balaban J connectivity index is 1.71. The van der Waals surface area contributed by atoms with Gasteiger partial charge in [0.2, 0.25) is 5.91 Å². The van der Waals surface area contributed by atoms with Gasteiger partial charge in [0.1, 0.15) is 0 Å². The van der Waals surface area contributed by atoms with Crippen molar-refractivity contribution in [3.05, 3.63) is 0 Å². The summed E-state index contributed by atoms with van der Waals surface area (Å²) in [4.78, 5) is 11.7. The molecule has 1 saturated carbocycles. The molecule has 5 nitrogen and oxygen atoms in total. The Hall–Kier alpha value is -0.650. The third-order valence-corrected chi connectivity index (χ3v) is 3.58. The van der Waals surface area contributed by atoms with Crippen LogP contribution in [0.4, 0.5) is 0 Å². The Morgan fingerprint density at radius 1 is 1.38 bits per heavy atom. The first-order valence-electron chi connectivity index (χ1n) is 6.04. The Morgan fingerprint density at radius 2 is 2.19 bits per heavy atom. The molecular weight excluding hydrogens is 208 g/mol. The molecule has 1 heterocycles. The molecule has 5 heteroatoms. The number of rotatable bonds is 3. The highest BCUT2D eigenvalue weighted by Crippen LogP contribution is 2.24. The number of aliphatic hydroxyl groups is 2. The SMILES string of the molecule is O=C(NCC1CCCC1O)C1CC(O)CN1. The number of amides is 1. The highest BCUT2D eigenvalue weighted by molar-refractivity contribution is 5.82. The fourth-order valence-corrected chi connectivity index (χ4v) is 2.53. The molecule has 0 bridgehead atoms. The average Bonchev–Trinajstić information content (AvgIpc) is 2.84. The second-order valence-electron chi connectivity index (χ2n) is 4.85. The first-order chi connectivity index (χ1) is 7.66. The molecule has 1 aliphatic carbocycles. The Morgan fingerprint density at radius 3 is 2.75 bits per heavy atom. The molecule has 1 saturated heterocycles. The van der Waals surface area contributed by atoms with Crippen LogP contribution in [-0.2, 0) is 4.79 Å². The van der Waals surface area contributed by atoms with Gasteiger partial charge in [-0.1, -0.05) is 6.42 Å². The van der Waals surface area contributed by atoms with Gasteiger partial charge in [-0.15, -0.1) is 0 Å².